The Balaban J connectivity index is 2.33. The highest BCUT2D eigenvalue weighted by Crippen LogP contribution is 2.48. The van der Waals surface area contributed by atoms with Crippen molar-refractivity contribution in [2.45, 2.75) is 38.1 Å². The van der Waals surface area contributed by atoms with E-state index in [0.29, 0.717) is 5.82 Å². The molecule has 0 aliphatic carbocycles. The average molecular weight is 502 g/mol. The zero-order chi connectivity index (χ0) is 25.4. The summed E-state index contributed by atoms with van der Waals surface area (Å²) in [6.07, 6.45) is -4.85. The molecule has 182 valence electrons. The lowest BCUT2D eigenvalue weighted by atomic mass is 9.82. The van der Waals surface area contributed by atoms with E-state index in [1.54, 1.807) is 6.92 Å². The number of benzene rings is 2. The highest BCUT2D eigenvalue weighted by atomic mass is 35.5. The fraction of sp³-hybridized carbons (Fsp3) is 0.304. The molecule has 1 heterocycles. The van der Waals surface area contributed by atoms with Crippen LogP contribution in [0.2, 0.25) is 5.02 Å². The summed E-state index contributed by atoms with van der Waals surface area (Å²) >= 11 is 5.79. The molecule has 0 bridgehead atoms. The molecule has 2 unspecified atom stereocenters. The van der Waals surface area contributed by atoms with E-state index in [1.165, 1.54) is 13.1 Å². The van der Waals surface area contributed by atoms with Crippen molar-refractivity contribution in [2.24, 2.45) is 0 Å². The van der Waals surface area contributed by atoms with Crippen LogP contribution in [-0.4, -0.2) is 34.0 Å². The Bertz CT molecular complexity index is 1250. The lowest BCUT2D eigenvalue weighted by molar-refractivity contribution is -0.266. The number of hydrogen-bond donors (Lipinski definition) is 2. The molecule has 0 fully saturated rings. The molecule has 0 aliphatic heterocycles. The lowest BCUT2D eigenvalue weighted by Crippen LogP contribution is -2.53. The van der Waals surface area contributed by atoms with Gasteiger partial charge in [0.05, 0.1) is 23.7 Å². The average Bonchev–Trinajstić information content (AvgIpc) is 2.71. The van der Waals surface area contributed by atoms with Gasteiger partial charge in [-0.05, 0) is 26.0 Å². The van der Waals surface area contributed by atoms with Crippen molar-refractivity contribution in [2.75, 3.05) is 12.4 Å². The van der Waals surface area contributed by atoms with E-state index in [9.17, 15) is 27.1 Å². The van der Waals surface area contributed by atoms with Crippen LogP contribution in [0.4, 0.5) is 27.6 Å². The number of hydrogen-bond acceptors (Lipinski definition) is 5. The van der Waals surface area contributed by atoms with Gasteiger partial charge in [0.25, 0.3) is 0 Å². The third kappa shape index (κ3) is 4.92. The Kier molecular flexibility index (Phi) is 7.05. The van der Waals surface area contributed by atoms with Gasteiger partial charge in [-0.3, -0.25) is 0 Å². The van der Waals surface area contributed by atoms with Gasteiger partial charge in [-0.1, -0.05) is 17.2 Å². The minimum Gasteiger partial charge on any atom is -0.496 e. The number of ether oxygens (including phenoxy) is 1. The van der Waals surface area contributed by atoms with Crippen molar-refractivity contribution >= 4 is 28.2 Å². The minimum atomic E-state index is -5.22. The van der Waals surface area contributed by atoms with Crippen molar-refractivity contribution in [3.8, 4) is 5.75 Å². The van der Waals surface area contributed by atoms with Crippen LogP contribution in [0, 0.1) is 18.6 Å². The Hall–Kier alpha value is -2.98. The van der Waals surface area contributed by atoms with Crippen molar-refractivity contribution in [1.29, 1.82) is 0 Å². The molecule has 0 spiro atoms. The SMILES string of the molecule is C=C(C)CC(O)(C(Nc1cc(F)cc2nc(C)ncc12)c1cc(F)c(Cl)cc1OC)C(F)(F)F. The van der Waals surface area contributed by atoms with E-state index in [-0.39, 0.29) is 27.9 Å². The van der Waals surface area contributed by atoms with Crippen molar-refractivity contribution in [1.82, 2.24) is 9.97 Å². The Morgan fingerprint density at radius 2 is 1.91 bits per heavy atom. The normalized spacial score (nSPS) is 14.5. The molecule has 1 aromatic heterocycles. The first kappa shape index (κ1) is 25.6. The van der Waals surface area contributed by atoms with E-state index < -0.39 is 46.5 Å². The van der Waals surface area contributed by atoms with Crippen LogP contribution in [-0.2, 0) is 0 Å². The van der Waals surface area contributed by atoms with E-state index in [1.807, 2.05) is 0 Å². The van der Waals surface area contributed by atoms with Gasteiger partial charge in [0, 0.05) is 41.4 Å². The fourth-order valence-electron chi connectivity index (χ4n) is 3.69. The standard InChI is InChI=1S/C23H21ClF5N3O2/c1-11(2)9-22(33,23(27,28)29)21(14-7-17(26)16(24)8-20(14)34-4)32-19-6-13(25)5-18-15(19)10-30-12(3)31-18/h5-8,10,21,32-33H,1,9H2,2-4H3. The van der Waals surface area contributed by atoms with Crippen LogP contribution in [0.5, 0.6) is 5.75 Å². The Labute approximate surface area is 197 Å². The molecule has 11 heteroatoms. The highest BCUT2D eigenvalue weighted by Gasteiger charge is 2.59. The number of halogens is 6. The van der Waals surface area contributed by atoms with E-state index >= 15 is 0 Å². The maximum absolute atomic E-state index is 14.4. The van der Waals surface area contributed by atoms with Crippen LogP contribution in [0.1, 0.15) is 30.8 Å². The maximum atomic E-state index is 14.4. The first-order valence-corrected chi connectivity index (χ1v) is 10.3. The molecule has 3 rings (SSSR count). The molecular weight excluding hydrogens is 481 g/mol. The molecule has 5 nitrogen and oxygen atoms in total. The fourth-order valence-corrected chi connectivity index (χ4v) is 3.85. The number of fused-ring (bicyclic) bond motifs is 1. The zero-order valence-corrected chi connectivity index (χ0v) is 19.2. The molecule has 0 aliphatic rings. The number of aromatic nitrogens is 2. The van der Waals surface area contributed by atoms with Gasteiger partial charge in [-0.25, -0.2) is 18.7 Å². The number of alkyl halides is 3. The summed E-state index contributed by atoms with van der Waals surface area (Å²) in [5.74, 6) is -1.74. The van der Waals surface area contributed by atoms with Crippen molar-refractivity contribution < 1.29 is 31.8 Å². The minimum absolute atomic E-state index is 0.00286. The Morgan fingerprint density at radius 3 is 2.50 bits per heavy atom. The summed E-state index contributed by atoms with van der Waals surface area (Å²) in [6, 6.07) is 1.68. The summed E-state index contributed by atoms with van der Waals surface area (Å²) in [5.41, 5.74) is -3.92. The molecule has 34 heavy (non-hydrogen) atoms. The van der Waals surface area contributed by atoms with Crippen molar-refractivity contribution in [3.63, 3.8) is 0 Å². The molecular formula is C23H21ClF5N3O2. The van der Waals surface area contributed by atoms with Gasteiger partial charge < -0.3 is 15.2 Å². The second-order valence-electron chi connectivity index (χ2n) is 7.94. The number of nitrogens with one attached hydrogen (secondary N) is 1. The van der Waals surface area contributed by atoms with Crippen LogP contribution >= 0.6 is 11.6 Å². The van der Waals surface area contributed by atoms with E-state index in [4.69, 9.17) is 16.3 Å². The first-order chi connectivity index (χ1) is 15.8. The third-order valence-corrected chi connectivity index (χ3v) is 5.50. The van der Waals surface area contributed by atoms with Gasteiger partial charge >= 0.3 is 6.18 Å². The molecule has 2 aromatic carbocycles. The molecule has 0 radical (unpaired) electrons. The topological polar surface area (TPSA) is 67.3 Å². The molecule has 2 N–H and O–H groups in total. The summed E-state index contributed by atoms with van der Waals surface area (Å²) in [6.45, 7) is 6.36. The number of aliphatic hydroxyl groups is 1. The predicted molar refractivity (Wildman–Crippen MR) is 119 cm³/mol. The summed E-state index contributed by atoms with van der Waals surface area (Å²) in [7, 11) is 1.16. The molecule has 0 amide bonds. The molecule has 3 aromatic rings. The smallest absolute Gasteiger partial charge is 0.419 e. The van der Waals surface area contributed by atoms with Crippen LogP contribution in [0.3, 0.4) is 0 Å². The van der Waals surface area contributed by atoms with Gasteiger partial charge in [-0.15, -0.1) is 6.58 Å². The van der Waals surface area contributed by atoms with E-state index in [0.717, 1.165) is 31.4 Å². The number of rotatable bonds is 7. The van der Waals surface area contributed by atoms with Gasteiger partial charge in [-0.2, -0.15) is 13.2 Å². The highest BCUT2D eigenvalue weighted by molar-refractivity contribution is 6.30. The zero-order valence-electron chi connectivity index (χ0n) is 18.4. The second kappa shape index (κ2) is 9.34. The first-order valence-electron chi connectivity index (χ1n) is 9.92. The lowest BCUT2D eigenvalue weighted by Gasteiger charge is -2.39. The monoisotopic (exact) mass is 501 g/mol. The largest absolute Gasteiger partial charge is 0.496 e. The van der Waals surface area contributed by atoms with Gasteiger partial charge in [0.15, 0.2) is 5.60 Å². The molecule has 0 saturated carbocycles. The Morgan fingerprint density at radius 1 is 1.24 bits per heavy atom. The van der Waals surface area contributed by atoms with Crippen LogP contribution in [0.15, 0.2) is 42.6 Å². The number of nitrogens with zero attached hydrogens (tertiary/aromatic N) is 2. The number of anilines is 1. The maximum Gasteiger partial charge on any atom is 0.419 e. The summed E-state index contributed by atoms with van der Waals surface area (Å²) < 4.78 is 77.1. The number of methoxy groups -OCH3 is 1. The van der Waals surface area contributed by atoms with Crippen molar-refractivity contribution in [3.05, 3.63) is 70.7 Å². The van der Waals surface area contributed by atoms with Crippen LogP contribution in [0.25, 0.3) is 10.9 Å². The number of aryl methyl sites for hydroxylation is 1. The summed E-state index contributed by atoms with van der Waals surface area (Å²) in [5, 5.41) is 13.4. The van der Waals surface area contributed by atoms with Gasteiger partial charge in [0.2, 0.25) is 0 Å². The summed E-state index contributed by atoms with van der Waals surface area (Å²) in [4.78, 5) is 8.13. The van der Waals surface area contributed by atoms with E-state index in [2.05, 4.69) is 21.9 Å². The molecule has 2 atom stereocenters. The predicted octanol–water partition coefficient (Wildman–Crippen LogP) is 6.29. The third-order valence-electron chi connectivity index (χ3n) is 5.21. The van der Waals surface area contributed by atoms with Crippen LogP contribution < -0.4 is 10.1 Å². The second-order valence-corrected chi connectivity index (χ2v) is 8.35. The quantitative estimate of drug-likeness (QED) is 0.294. The van der Waals surface area contributed by atoms with Gasteiger partial charge in [0.1, 0.15) is 23.2 Å². The molecule has 0 saturated heterocycles.